The minimum Gasteiger partial charge on any atom is -0.468 e. The molecule has 2 atom stereocenters. The van der Waals surface area contributed by atoms with Gasteiger partial charge < -0.3 is 14.8 Å². The Morgan fingerprint density at radius 3 is 2.71 bits per heavy atom. The van der Waals surface area contributed by atoms with E-state index in [1.165, 1.54) is 0 Å². The van der Waals surface area contributed by atoms with Crippen molar-refractivity contribution < 1.29 is 9.52 Å². The van der Waals surface area contributed by atoms with Crippen molar-refractivity contribution in [1.82, 2.24) is 5.32 Å². The Balaban J connectivity index is 2.40. The van der Waals surface area contributed by atoms with E-state index in [4.69, 9.17) is 4.42 Å². The van der Waals surface area contributed by atoms with Gasteiger partial charge in [-0.3, -0.25) is 0 Å². The second-order valence-electron chi connectivity index (χ2n) is 3.45. The highest BCUT2D eigenvalue weighted by Crippen LogP contribution is 2.16. The van der Waals surface area contributed by atoms with E-state index in [1.54, 1.807) is 6.26 Å². The molecule has 3 nitrogen and oxygen atoms in total. The topological polar surface area (TPSA) is 45.4 Å². The van der Waals surface area contributed by atoms with Gasteiger partial charge in [0.25, 0.3) is 0 Å². The fraction of sp³-hybridized carbons (Fsp3) is 0.636. The lowest BCUT2D eigenvalue weighted by atomic mass is 10.1. The van der Waals surface area contributed by atoms with Crippen LogP contribution in [0.3, 0.4) is 0 Å². The summed E-state index contributed by atoms with van der Waals surface area (Å²) < 4.78 is 5.31. The van der Waals surface area contributed by atoms with Crippen molar-refractivity contribution in [2.24, 2.45) is 0 Å². The molecule has 0 aliphatic carbocycles. The van der Waals surface area contributed by atoms with Gasteiger partial charge in [-0.05, 0) is 25.0 Å². The highest BCUT2D eigenvalue weighted by molar-refractivity contribution is 5.03. The van der Waals surface area contributed by atoms with Crippen LogP contribution in [0.1, 0.15) is 38.5 Å². The van der Waals surface area contributed by atoms with Gasteiger partial charge in [0.1, 0.15) is 5.76 Å². The van der Waals surface area contributed by atoms with Gasteiger partial charge in [0.05, 0.1) is 18.4 Å². The van der Waals surface area contributed by atoms with Crippen molar-refractivity contribution in [1.29, 1.82) is 0 Å². The van der Waals surface area contributed by atoms with Gasteiger partial charge in [-0.1, -0.05) is 13.8 Å². The average Bonchev–Trinajstić information content (AvgIpc) is 2.72. The number of aliphatic hydroxyl groups excluding tert-OH is 1. The Morgan fingerprint density at radius 1 is 1.43 bits per heavy atom. The van der Waals surface area contributed by atoms with Crippen molar-refractivity contribution in [2.45, 2.75) is 38.8 Å². The quantitative estimate of drug-likeness (QED) is 0.734. The molecule has 1 aromatic rings. The zero-order valence-electron chi connectivity index (χ0n) is 8.86. The van der Waals surface area contributed by atoms with E-state index in [1.807, 2.05) is 19.1 Å². The highest BCUT2D eigenvalue weighted by atomic mass is 16.3. The number of rotatable bonds is 6. The normalized spacial score (nSPS) is 15.4. The number of nitrogens with one attached hydrogen (secondary N) is 1. The van der Waals surface area contributed by atoms with Crippen molar-refractivity contribution in [3.8, 4) is 0 Å². The molecule has 0 fully saturated rings. The van der Waals surface area contributed by atoms with Crippen LogP contribution in [0.4, 0.5) is 0 Å². The Bertz CT molecular complexity index is 233. The molecule has 0 amide bonds. The second kappa shape index (κ2) is 5.83. The van der Waals surface area contributed by atoms with Gasteiger partial charge in [0.15, 0.2) is 0 Å². The molecule has 1 rings (SSSR count). The molecule has 2 unspecified atom stereocenters. The molecule has 0 aromatic carbocycles. The van der Waals surface area contributed by atoms with Crippen LogP contribution in [0.2, 0.25) is 0 Å². The van der Waals surface area contributed by atoms with Crippen molar-refractivity contribution in [3.63, 3.8) is 0 Å². The molecule has 80 valence electrons. The molecule has 0 saturated heterocycles. The molecule has 0 aliphatic heterocycles. The Hall–Kier alpha value is -0.800. The van der Waals surface area contributed by atoms with Gasteiger partial charge in [-0.25, -0.2) is 0 Å². The monoisotopic (exact) mass is 197 g/mol. The summed E-state index contributed by atoms with van der Waals surface area (Å²) in [7, 11) is 0. The van der Waals surface area contributed by atoms with Crippen LogP contribution in [-0.2, 0) is 0 Å². The Labute approximate surface area is 85.1 Å². The lowest BCUT2D eigenvalue weighted by molar-refractivity contribution is 0.160. The van der Waals surface area contributed by atoms with E-state index in [9.17, 15) is 5.11 Å². The first-order chi connectivity index (χ1) is 6.77. The molecule has 0 bridgehead atoms. The standard InChI is InChI=1S/C11H19NO2/c1-3-9(13)8-12-10(4-2)11-6-5-7-14-11/h5-7,9-10,12-13H,3-4,8H2,1-2H3. The summed E-state index contributed by atoms with van der Waals surface area (Å²) in [6.07, 6.45) is 3.15. The Morgan fingerprint density at radius 2 is 2.21 bits per heavy atom. The third-order valence-electron chi connectivity index (χ3n) is 2.37. The van der Waals surface area contributed by atoms with Crippen LogP contribution >= 0.6 is 0 Å². The summed E-state index contributed by atoms with van der Waals surface area (Å²) in [5.74, 6) is 0.941. The van der Waals surface area contributed by atoms with Gasteiger partial charge in [0.2, 0.25) is 0 Å². The summed E-state index contributed by atoms with van der Waals surface area (Å²) in [4.78, 5) is 0. The molecule has 0 saturated carbocycles. The van der Waals surface area contributed by atoms with E-state index in [0.29, 0.717) is 6.54 Å². The number of furan rings is 1. The van der Waals surface area contributed by atoms with Crippen molar-refractivity contribution in [3.05, 3.63) is 24.2 Å². The zero-order valence-corrected chi connectivity index (χ0v) is 8.86. The van der Waals surface area contributed by atoms with Crippen LogP contribution in [0.15, 0.2) is 22.8 Å². The number of hydrogen-bond donors (Lipinski definition) is 2. The van der Waals surface area contributed by atoms with E-state index in [-0.39, 0.29) is 12.1 Å². The highest BCUT2D eigenvalue weighted by Gasteiger charge is 2.12. The zero-order chi connectivity index (χ0) is 10.4. The average molecular weight is 197 g/mol. The SMILES string of the molecule is CCC(O)CNC(CC)c1ccco1. The first kappa shape index (κ1) is 11.3. The van der Waals surface area contributed by atoms with E-state index >= 15 is 0 Å². The molecule has 3 heteroatoms. The minimum absolute atomic E-state index is 0.214. The molecular formula is C11H19NO2. The van der Waals surface area contributed by atoms with Gasteiger partial charge in [-0.15, -0.1) is 0 Å². The summed E-state index contributed by atoms with van der Waals surface area (Å²) in [6, 6.07) is 4.06. The summed E-state index contributed by atoms with van der Waals surface area (Å²) in [5, 5.41) is 12.7. The van der Waals surface area contributed by atoms with Crippen molar-refractivity contribution in [2.75, 3.05) is 6.54 Å². The van der Waals surface area contributed by atoms with Crippen molar-refractivity contribution >= 4 is 0 Å². The van der Waals surface area contributed by atoms with Crippen LogP contribution in [0.25, 0.3) is 0 Å². The first-order valence-electron chi connectivity index (χ1n) is 5.22. The molecule has 0 spiro atoms. The maximum atomic E-state index is 9.41. The predicted octanol–water partition coefficient (Wildman–Crippen LogP) is 2.09. The molecule has 14 heavy (non-hydrogen) atoms. The van der Waals surface area contributed by atoms with Gasteiger partial charge in [-0.2, -0.15) is 0 Å². The van der Waals surface area contributed by atoms with Crippen LogP contribution in [-0.4, -0.2) is 17.8 Å². The van der Waals surface area contributed by atoms with E-state index in [2.05, 4.69) is 12.2 Å². The summed E-state index contributed by atoms with van der Waals surface area (Å²) >= 11 is 0. The number of aliphatic hydroxyl groups is 1. The fourth-order valence-electron chi connectivity index (χ4n) is 1.36. The minimum atomic E-state index is -0.265. The third-order valence-corrected chi connectivity index (χ3v) is 2.37. The number of hydrogen-bond acceptors (Lipinski definition) is 3. The predicted molar refractivity (Wildman–Crippen MR) is 56.0 cm³/mol. The largest absolute Gasteiger partial charge is 0.468 e. The molecule has 2 N–H and O–H groups in total. The maximum absolute atomic E-state index is 9.41. The van der Waals surface area contributed by atoms with Crippen LogP contribution in [0.5, 0.6) is 0 Å². The molecule has 1 heterocycles. The lowest BCUT2D eigenvalue weighted by Crippen LogP contribution is -2.29. The summed E-state index contributed by atoms with van der Waals surface area (Å²) in [5.41, 5.74) is 0. The molecule has 0 aliphatic rings. The van der Waals surface area contributed by atoms with Gasteiger partial charge >= 0.3 is 0 Å². The van der Waals surface area contributed by atoms with E-state index < -0.39 is 0 Å². The van der Waals surface area contributed by atoms with Gasteiger partial charge in [0, 0.05) is 6.54 Å². The smallest absolute Gasteiger partial charge is 0.120 e. The third kappa shape index (κ3) is 3.16. The first-order valence-corrected chi connectivity index (χ1v) is 5.22. The van der Waals surface area contributed by atoms with Crippen LogP contribution < -0.4 is 5.32 Å². The molecular weight excluding hydrogens is 178 g/mol. The second-order valence-corrected chi connectivity index (χ2v) is 3.45. The maximum Gasteiger partial charge on any atom is 0.120 e. The summed E-state index contributed by atoms with van der Waals surface area (Å²) in [6.45, 7) is 4.69. The fourth-order valence-corrected chi connectivity index (χ4v) is 1.36. The lowest BCUT2D eigenvalue weighted by Gasteiger charge is -2.16. The Kier molecular flexibility index (Phi) is 4.70. The van der Waals surface area contributed by atoms with E-state index in [0.717, 1.165) is 18.6 Å². The van der Waals surface area contributed by atoms with Crippen LogP contribution in [0, 0.1) is 0 Å². The molecule has 0 radical (unpaired) electrons. The molecule has 1 aromatic heterocycles.